The van der Waals surface area contributed by atoms with Gasteiger partial charge in [-0.3, -0.25) is 4.79 Å². The number of carbonyl (C=O) groups is 1. The van der Waals surface area contributed by atoms with E-state index in [0.717, 1.165) is 30.4 Å². The summed E-state index contributed by atoms with van der Waals surface area (Å²) < 4.78 is 24.6. The van der Waals surface area contributed by atoms with E-state index in [0.29, 0.717) is 12.3 Å². The van der Waals surface area contributed by atoms with Crippen LogP contribution >= 0.6 is 0 Å². The molecule has 4 N–H and O–H groups in total. The number of aryl methyl sites for hydroxylation is 1. The van der Waals surface area contributed by atoms with Gasteiger partial charge < -0.3 is 11.5 Å². The molecule has 132 valence electrons. The topological polar surface area (TPSA) is 116 Å². The highest BCUT2D eigenvalue weighted by atomic mass is 32.2. The van der Waals surface area contributed by atoms with Crippen LogP contribution < -0.4 is 11.5 Å². The Hall–Kier alpha value is -1.89. The zero-order valence-electron chi connectivity index (χ0n) is 14.4. The van der Waals surface area contributed by atoms with Crippen LogP contribution in [0, 0.1) is 5.92 Å². The third-order valence-corrected chi connectivity index (χ3v) is 5.76. The molecular formula is C17H25N3O3S. The first kappa shape index (κ1) is 18.4. The Balaban J connectivity index is 2.64. The minimum Gasteiger partial charge on any atom is -0.370 e. The van der Waals surface area contributed by atoms with E-state index >= 15 is 0 Å². The predicted molar refractivity (Wildman–Crippen MR) is 94.8 cm³/mol. The summed E-state index contributed by atoms with van der Waals surface area (Å²) in [6, 6.07) is 3.30. The van der Waals surface area contributed by atoms with Crippen molar-refractivity contribution in [2.75, 3.05) is 6.26 Å². The van der Waals surface area contributed by atoms with Gasteiger partial charge in [-0.2, -0.15) is 4.99 Å². The first-order chi connectivity index (χ1) is 11.1. The summed E-state index contributed by atoms with van der Waals surface area (Å²) in [6.45, 7) is 4.10. The highest BCUT2D eigenvalue weighted by Gasteiger charge is 2.29. The van der Waals surface area contributed by atoms with Gasteiger partial charge in [0, 0.05) is 11.8 Å². The third-order valence-electron chi connectivity index (χ3n) is 4.61. The Morgan fingerprint density at radius 3 is 2.42 bits per heavy atom. The monoisotopic (exact) mass is 351 g/mol. The summed E-state index contributed by atoms with van der Waals surface area (Å²) in [5.74, 6) is -0.155. The molecule has 1 aromatic carbocycles. The Morgan fingerprint density at radius 1 is 1.29 bits per heavy atom. The van der Waals surface area contributed by atoms with E-state index in [4.69, 9.17) is 11.5 Å². The molecule has 24 heavy (non-hydrogen) atoms. The molecule has 1 fully saturated rings. The van der Waals surface area contributed by atoms with Gasteiger partial charge in [0.15, 0.2) is 15.8 Å². The van der Waals surface area contributed by atoms with Crippen molar-refractivity contribution in [3.05, 3.63) is 28.8 Å². The van der Waals surface area contributed by atoms with Crippen LogP contribution in [0.5, 0.6) is 0 Å². The molecule has 0 saturated heterocycles. The molecule has 2 atom stereocenters. The minimum atomic E-state index is -3.46. The van der Waals surface area contributed by atoms with Crippen molar-refractivity contribution in [3.63, 3.8) is 0 Å². The van der Waals surface area contributed by atoms with Gasteiger partial charge in [0.25, 0.3) is 5.91 Å². The van der Waals surface area contributed by atoms with Gasteiger partial charge >= 0.3 is 0 Å². The normalized spacial score (nSPS) is 20.8. The number of benzene rings is 1. The molecule has 0 spiro atoms. The number of rotatable bonds is 4. The van der Waals surface area contributed by atoms with E-state index in [1.165, 1.54) is 12.3 Å². The molecule has 1 aliphatic carbocycles. The van der Waals surface area contributed by atoms with Crippen molar-refractivity contribution >= 4 is 21.7 Å². The number of carbonyl (C=O) groups excluding carboxylic acids is 1. The second-order valence-corrected chi connectivity index (χ2v) is 8.61. The molecule has 1 aromatic rings. The zero-order chi connectivity index (χ0) is 18.1. The summed E-state index contributed by atoms with van der Waals surface area (Å²) in [5, 5.41) is 0. The molecule has 1 amide bonds. The lowest BCUT2D eigenvalue weighted by atomic mass is 9.92. The molecule has 2 rings (SSSR count). The Bertz CT molecular complexity index is 781. The van der Waals surface area contributed by atoms with E-state index < -0.39 is 15.7 Å². The molecule has 0 bridgehead atoms. The fourth-order valence-corrected chi connectivity index (χ4v) is 4.43. The number of nitrogens with zero attached hydrogens (tertiary/aromatic N) is 1. The Kier molecular flexibility index (Phi) is 5.32. The summed E-state index contributed by atoms with van der Waals surface area (Å²) in [5.41, 5.74) is 12.4. The van der Waals surface area contributed by atoms with Crippen molar-refractivity contribution < 1.29 is 13.2 Å². The smallest absolute Gasteiger partial charge is 0.280 e. The maximum absolute atomic E-state index is 12.3. The van der Waals surface area contributed by atoms with Crippen molar-refractivity contribution in [2.45, 2.75) is 50.3 Å². The van der Waals surface area contributed by atoms with Crippen molar-refractivity contribution in [2.24, 2.45) is 22.4 Å². The van der Waals surface area contributed by atoms with Gasteiger partial charge in [-0.25, -0.2) is 8.42 Å². The van der Waals surface area contributed by atoms with Crippen LogP contribution in [0.2, 0.25) is 0 Å². The van der Waals surface area contributed by atoms with Crippen molar-refractivity contribution in [1.82, 2.24) is 0 Å². The second kappa shape index (κ2) is 6.93. The number of guanidine groups is 1. The maximum atomic E-state index is 12.3. The summed E-state index contributed by atoms with van der Waals surface area (Å²) >= 11 is 0. The molecular weight excluding hydrogens is 326 g/mol. The quantitative estimate of drug-likeness (QED) is 0.635. The average molecular weight is 351 g/mol. The molecule has 1 saturated carbocycles. The van der Waals surface area contributed by atoms with Crippen molar-refractivity contribution in [1.29, 1.82) is 0 Å². The van der Waals surface area contributed by atoms with Gasteiger partial charge in [-0.1, -0.05) is 26.3 Å². The Labute approximate surface area is 143 Å². The minimum absolute atomic E-state index is 0.210. The van der Waals surface area contributed by atoms with Crippen LogP contribution in [0.4, 0.5) is 0 Å². The lowest BCUT2D eigenvalue weighted by Gasteiger charge is -2.18. The second-order valence-electron chi connectivity index (χ2n) is 6.63. The summed E-state index contributed by atoms with van der Waals surface area (Å²) in [7, 11) is -3.46. The lowest BCUT2D eigenvalue weighted by Crippen LogP contribution is -2.24. The summed E-state index contributed by atoms with van der Waals surface area (Å²) in [6.07, 6.45) is 4.79. The van der Waals surface area contributed by atoms with Gasteiger partial charge in [0.05, 0.1) is 4.90 Å². The average Bonchev–Trinajstić information content (AvgIpc) is 2.90. The molecule has 7 heteroatoms. The van der Waals surface area contributed by atoms with Crippen LogP contribution in [-0.2, 0) is 16.3 Å². The van der Waals surface area contributed by atoms with Crippen LogP contribution in [0.3, 0.4) is 0 Å². The molecule has 0 radical (unpaired) electrons. The highest BCUT2D eigenvalue weighted by Crippen LogP contribution is 2.41. The van der Waals surface area contributed by atoms with Gasteiger partial charge in [0.2, 0.25) is 0 Å². The first-order valence-corrected chi connectivity index (χ1v) is 10.0. The lowest BCUT2D eigenvalue weighted by molar-refractivity contribution is 0.100. The largest absolute Gasteiger partial charge is 0.370 e. The number of hydrogen-bond donors (Lipinski definition) is 2. The fraction of sp³-hybridized carbons (Fsp3) is 0.529. The van der Waals surface area contributed by atoms with E-state index in [2.05, 4.69) is 11.9 Å². The van der Waals surface area contributed by atoms with Crippen LogP contribution in [0.15, 0.2) is 22.0 Å². The van der Waals surface area contributed by atoms with E-state index in [1.54, 1.807) is 0 Å². The SMILES string of the molecule is CCc1cc(C2CCC(C)C2)c(S(C)(=O)=O)cc1C(=O)N=C(N)N. The van der Waals surface area contributed by atoms with Crippen molar-refractivity contribution in [3.8, 4) is 0 Å². The molecule has 0 heterocycles. The molecule has 0 aliphatic heterocycles. The van der Waals surface area contributed by atoms with Crippen LogP contribution in [0.1, 0.15) is 60.5 Å². The van der Waals surface area contributed by atoms with E-state index in [-0.39, 0.29) is 22.3 Å². The molecule has 2 unspecified atom stereocenters. The van der Waals surface area contributed by atoms with Gasteiger partial charge in [-0.05, 0) is 48.3 Å². The summed E-state index contributed by atoms with van der Waals surface area (Å²) in [4.78, 5) is 16.0. The first-order valence-electron chi connectivity index (χ1n) is 8.14. The molecule has 0 aromatic heterocycles. The van der Waals surface area contributed by atoms with E-state index in [9.17, 15) is 13.2 Å². The maximum Gasteiger partial charge on any atom is 0.280 e. The number of amides is 1. The highest BCUT2D eigenvalue weighted by molar-refractivity contribution is 7.90. The van der Waals surface area contributed by atoms with Crippen LogP contribution in [0.25, 0.3) is 0 Å². The van der Waals surface area contributed by atoms with Gasteiger partial charge in [0.1, 0.15) is 0 Å². The molecule has 1 aliphatic rings. The predicted octanol–water partition coefficient (Wildman–Crippen LogP) is 1.97. The standard InChI is InChI=1S/C17H25N3O3S/c1-4-11-8-13(12-6-5-10(2)7-12)15(24(3,22)23)9-14(11)16(21)20-17(18)19/h8-10,12H,4-7H2,1-3H3,(H4,18,19,20,21). The van der Waals surface area contributed by atoms with Gasteiger partial charge in [-0.15, -0.1) is 0 Å². The number of hydrogen-bond acceptors (Lipinski definition) is 3. The van der Waals surface area contributed by atoms with E-state index in [1.807, 2.05) is 13.0 Å². The number of nitrogens with two attached hydrogens (primary N) is 2. The number of aliphatic imine (C=N–C) groups is 1. The van der Waals surface area contributed by atoms with Crippen LogP contribution in [-0.4, -0.2) is 26.5 Å². The fourth-order valence-electron chi connectivity index (χ4n) is 3.44. The Morgan fingerprint density at radius 2 is 1.96 bits per heavy atom. The third kappa shape index (κ3) is 3.95. The number of sulfone groups is 1. The molecule has 6 nitrogen and oxygen atoms in total. The zero-order valence-corrected chi connectivity index (χ0v) is 15.2.